The molecule has 0 amide bonds. The molecule has 1 atom stereocenters. The van der Waals surface area contributed by atoms with Crippen molar-refractivity contribution in [2.75, 3.05) is 0 Å². The average Bonchev–Trinajstić information content (AvgIpc) is 1.85. The lowest BCUT2D eigenvalue weighted by molar-refractivity contribution is -0.142. The molecule has 0 saturated heterocycles. The Morgan fingerprint density at radius 2 is 1.92 bits per heavy atom. The summed E-state index contributed by atoms with van der Waals surface area (Å²) in [6.07, 6.45) is 2.53. The first kappa shape index (κ1) is 11.5. The van der Waals surface area contributed by atoms with Crippen molar-refractivity contribution in [3.05, 3.63) is 0 Å². The topological polar surface area (TPSA) is 37.3 Å². The molecule has 0 aromatic rings. The van der Waals surface area contributed by atoms with Gasteiger partial charge in [0.05, 0.1) is 5.92 Å². The Labute approximate surface area is 75.0 Å². The lowest BCUT2D eigenvalue weighted by atomic mass is 9.86. The van der Waals surface area contributed by atoms with Gasteiger partial charge in [0, 0.05) is 0 Å². The average molecular weight is 172 g/mol. The number of carboxylic acids is 1. The van der Waals surface area contributed by atoms with Gasteiger partial charge in [0.25, 0.3) is 0 Å². The van der Waals surface area contributed by atoms with Crippen molar-refractivity contribution in [2.45, 2.75) is 47.0 Å². The first-order valence-corrected chi connectivity index (χ1v) is 4.59. The fourth-order valence-corrected chi connectivity index (χ4v) is 1.11. The van der Waals surface area contributed by atoms with Crippen LogP contribution in [0, 0.1) is 11.3 Å². The number of rotatable bonds is 4. The first-order chi connectivity index (χ1) is 5.37. The maximum absolute atomic E-state index is 10.6. The molecule has 0 fully saturated rings. The Morgan fingerprint density at radius 3 is 2.17 bits per heavy atom. The van der Waals surface area contributed by atoms with Gasteiger partial charge >= 0.3 is 5.97 Å². The quantitative estimate of drug-likeness (QED) is 0.708. The summed E-state index contributed by atoms with van der Waals surface area (Å²) < 4.78 is 0. The van der Waals surface area contributed by atoms with Crippen molar-refractivity contribution in [3.63, 3.8) is 0 Å². The van der Waals surface area contributed by atoms with Crippen LogP contribution in [0.1, 0.15) is 47.0 Å². The molecule has 0 radical (unpaired) electrons. The molecule has 0 bridgehead atoms. The van der Waals surface area contributed by atoms with Gasteiger partial charge in [-0.2, -0.15) is 0 Å². The zero-order valence-electron chi connectivity index (χ0n) is 8.55. The molecular formula is C10H20O2. The third-order valence-corrected chi connectivity index (χ3v) is 2.08. The third kappa shape index (κ3) is 5.16. The fourth-order valence-electron chi connectivity index (χ4n) is 1.11. The molecule has 12 heavy (non-hydrogen) atoms. The summed E-state index contributed by atoms with van der Waals surface area (Å²) in [7, 11) is 0. The highest BCUT2D eigenvalue weighted by atomic mass is 16.4. The Bertz CT molecular complexity index is 144. The molecule has 0 spiro atoms. The van der Waals surface area contributed by atoms with Crippen molar-refractivity contribution >= 4 is 5.97 Å². The number of carbonyl (C=O) groups is 1. The molecule has 1 N–H and O–H groups in total. The van der Waals surface area contributed by atoms with Crippen molar-refractivity contribution in [1.82, 2.24) is 0 Å². The lowest BCUT2D eigenvalue weighted by Gasteiger charge is -2.20. The van der Waals surface area contributed by atoms with E-state index >= 15 is 0 Å². The van der Waals surface area contributed by atoms with Crippen LogP contribution >= 0.6 is 0 Å². The number of hydrogen-bond donors (Lipinski definition) is 1. The molecule has 0 aromatic heterocycles. The van der Waals surface area contributed by atoms with E-state index in [1.165, 1.54) is 0 Å². The third-order valence-electron chi connectivity index (χ3n) is 2.08. The summed E-state index contributed by atoms with van der Waals surface area (Å²) in [5.74, 6) is -0.800. The Morgan fingerprint density at radius 1 is 1.42 bits per heavy atom. The Balaban J connectivity index is 3.81. The van der Waals surface area contributed by atoms with Gasteiger partial charge in [-0.05, 0) is 24.7 Å². The van der Waals surface area contributed by atoms with Crippen LogP contribution in [0.4, 0.5) is 0 Å². The fraction of sp³-hybridized carbons (Fsp3) is 0.900. The molecule has 0 aliphatic carbocycles. The lowest BCUT2D eigenvalue weighted by Crippen LogP contribution is -2.16. The molecule has 72 valence electrons. The van der Waals surface area contributed by atoms with E-state index in [1.807, 2.05) is 6.92 Å². The van der Waals surface area contributed by atoms with Crippen LogP contribution in [-0.4, -0.2) is 11.1 Å². The molecule has 0 aromatic carbocycles. The predicted octanol–water partition coefficient (Wildman–Crippen LogP) is 2.92. The number of carboxylic acid groups (broad SMARTS) is 1. The van der Waals surface area contributed by atoms with Crippen molar-refractivity contribution in [3.8, 4) is 0 Å². The molecule has 0 rings (SSSR count). The van der Waals surface area contributed by atoms with Crippen LogP contribution in [0.15, 0.2) is 0 Å². The van der Waals surface area contributed by atoms with E-state index in [-0.39, 0.29) is 11.3 Å². The smallest absolute Gasteiger partial charge is 0.306 e. The van der Waals surface area contributed by atoms with Crippen LogP contribution in [0.5, 0.6) is 0 Å². The summed E-state index contributed by atoms with van der Waals surface area (Å²) in [4.78, 5) is 10.6. The van der Waals surface area contributed by atoms with Crippen LogP contribution in [-0.2, 0) is 4.79 Å². The van der Waals surface area contributed by atoms with Gasteiger partial charge in [-0.1, -0.05) is 27.7 Å². The molecule has 0 unspecified atom stereocenters. The van der Waals surface area contributed by atoms with Gasteiger partial charge in [-0.25, -0.2) is 0 Å². The SMILES string of the molecule is CC[C@@H](CCC(C)(C)C)C(=O)O. The molecule has 0 saturated carbocycles. The van der Waals surface area contributed by atoms with Gasteiger partial charge in [0.15, 0.2) is 0 Å². The van der Waals surface area contributed by atoms with E-state index in [2.05, 4.69) is 20.8 Å². The maximum Gasteiger partial charge on any atom is 0.306 e. The molecule has 0 heterocycles. The molecule has 0 aliphatic rings. The molecule has 0 aliphatic heterocycles. The zero-order chi connectivity index (χ0) is 9.78. The number of aliphatic carboxylic acids is 1. The standard InChI is InChI=1S/C10H20O2/c1-5-8(9(11)12)6-7-10(2,3)4/h8H,5-7H2,1-4H3,(H,11,12)/t8-/m0/s1. The van der Waals surface area contributed by atoms with Crippen molar-refractivity contribution in [1.29, 1.82) is 0 Å². The van der Waals surface area contributed by atoms with E-state index in [0.717, 1.165) is 19.3 Å². The highest BCUT2D eigenvalue weighted by Crippen LogP contribution is 2.24. The van der Waals surface area contributed by atoms with Gasteiger partial charge in [-0.3, -0.25) is 4.79 Å². The first-order valence-electron chi connectivity index (χ1n) is 4.59. The normalized spacial score (nSPS) is 14.3. The van der Waals surface area contributed by atoms with Crippen LogP contribution in [0.2, 0.25) is 0 Å². The van der Waals surface area contributed by atoms with Gasteiger partial charge in [-0.15, -0.1) is 0 Å². The second kappa shape index (κ2) is 4.48. The summed E-state index contributed by atoms with van der Waals surface area (Å²) >= 11 is 0. The predicted molar refractivity (Wildman–Crippen MR) is 50.1 cm³/mol. The number of hydrogen-bond acceptors (Lipinski definition) is 1. The Kier molecular flexibility index (Phi) is 4.29. The van der Waals surface area contributed by atoms with E-state index in [0.29, 0.717) is 0 Å². The summed E-state index contributed by atoms with van der Waals surface area (Å²) in [5.41, 5.74) is 0.253. The highest BCUT2D eigenvalue weighted by molar-refractivity contribution is 5.69. The summed E-state index contributed by atoms with van der Waals surface area (Å²) in [6.45, 7) is 8.35. The maximum atomic E-state index is 10.6. The summed E-state index contributed by atoms with van der Waals surface area (Å²) in [5, 5.41) is 8.77. The van der Waals surface area contributed by atoms with Crippen molar-refractivity contribution < 1.29 is 9.90 Å². The zero-order valence-corrected chi connectivity index (χ0v) is 8.55. The van der Waals surface area contributed by atoms with E-state index in [4.69, 9.17) is 5.11 Å². The Hall–Kier alpha value is -0.530. The molecular weight excluding hydrogens is 152 g/mol. The van der Waals surface area contributed by atoms with Gasteiger partial charge in [0.2, 0.25) is 0 Å². The highest BCUT2D eigenvalue weighted by Gasteiger charge is 2.18. The largest absolute Gasteiger partial charge is 0.481 e. The van der Waals surface area contributed by atoms with Crippen molar-refractivity contribution in [2.24, 2.45) is 11.3 Å². The monoisotopic (exact) mass is 172 g/mol. The van der Waals surface area contributed by atoms with E-state index in [1.54, 1.807) is 0 Å². The second-order valence-corrected chi connectivity index (χ2v) is 4.54. The van der Waals surface area contributed by atoms with Gasteiger partial charge < -0.3 is 5.11 Å². The minimum Gasteiger partial charge on any atom is -0.481 e. The van der Waals surface area contributed by atoms with Gasteiger partial charge in [0.1, 0.15) is 0 Å². The van der Waals surface area contributed by atoms with Crippen LogP contribution in [0.3, 0.4) is 0 Å². The minimum atomic E-state index is -0.651. The minimum absolute atomic E-state index is 0.149. The van der Waals surface area contributed by atoms with E-state index < -0.39 is 5.97 Å². The molecule has 2 heteroatoms. The van der Waals surface area contributed by atoms with Crippen LogP contribution < -0.4 is 0 Å². The van der Waals surface area contributed by atoms with E-state index in [9.17, 15) is 4.79 Å². The summed E-state index contributed by atoms with van der Waals surface area (Å²) in [6, 6.07) is 0. The second-order valence-electron chi connectivity index (χ2n) is 4.54. The van der Waals surface area contributed by atoms with Crippen LogP contribution in [0.25, 0.3) is 0 Å². The molecule has 2 nitrogen and oxygen atoms in total.